The first-order valence-corrected chi connectivity index (χ1v) is 7.67. The first-order valence-electron chi connectivity index (χ1n) is 7.67. The minimum absolute atomic E-state index is 0.279. The van der Waals surface area contributed by atoms with E-state index < -0.39 is 5.97 Å². The molecule has 122 valence electrons. The lowest BCUT2D eigenvalue weighted by molar-refractivity contribution is -0.124. The molecular formula is C17H21N3O3. The molecule has 0 spiro atoms. The second kappa shape index (κ2) is 8.12. The number of unbranched alkanes of at least 4 members (excludes halogenated alkanes) is 1. The van der Waals surface area contributed by atoms with Crippen molar-refractivity contribution in [3.05, 3.63) is 47.8 Å². The first-order chi connectivity index (χ1) is 11.1. The van der Waals surface area contributed by atoms with Gasteiger partial charge in [-0.3, -0.25) is 4.79 Å². The molecular weight excluding hydrogens is 294 g/mol. The summed E-state index contributed by atoms with van der Waals surface area (Å²) in [4.78, 5) is 23.6. The van der Waals surface area contributed by atoms with Crippen LogP contribution in [0, 0.1) is 6.92 Å². The van der Waals surface area contributed by atoms with Gasteiger partial charge in [0, 0.05) is 6.54 Å². The van der Waals surface area contributed by atoms with Crippen LogP contribution in [-0.2, 0) is 9.53 Å². The molecule has 0 aliphatic heterocycles. The highest BCUT2D eigenvalue weighted by atomic mass is 16.5. The first kappa shape index (κ1) is 16.7. The maximum Gasteiger partial charge on any atom is 0.342 e. The van der Waals surface area contributed by atoms with Gasteiger partial charge in [0.25, 0.3) is 5.91 Å². The summed E-state index contributed by atoms with van der Waals surface area (Å²) in [5, 5.41) is 6.91. The maximum absolute atomic E-state index is 12.1. The average molecular weight is 315 g/mol. The Bertz CT molecular complexity index is 665. The van der Waals surface area contributed by atoms with Gasteiger partial charge in [-0.1, -0.05) is 31.5 Å². The van der Waals surface area contributed by atoms with Crippen LogP contribution in [0.1, 0.15) is 35.8 Å². The van der Waals surface area contributed by atoms with Crippen molar-refractivity contribution in [2.45, 2.75) is 26.7 Å². The lowest BCUT2D eigenvalue weighted by Gasteiger charge is -2.07. The lowest BCUT2D eigenvalue weighted by Crippen LogP contribution is -2.29. The molecule has 1 amide bonds. The van der Waals surface area contributed by atoms with E-state index in [0.29, 0.717) is 17.8 Å². The fourth-order valence-electron chi connectivity index (χ4n) is 2.10. The fourth-order valence-corrected chi connectivity index (χ4v) is 2.10. The van der Waals surface area contributed by atoms with Gasteiger partial charge < -0.3 is 10.1 Å². The van der Waals surface area contributed by atoms with Crippen molar-refractivity contribution >= 4 is 11.9 Å². The van der Waals surface area contributed by atoms with Gasteiger partial charge in [-0.15, -0.1) is 0 Å². The topological polar surface area (TPSA) is 73.2 Å². The molecule has 1 aromatic heterocycles. The van der Waals surface area contributed by atoms with Gasteiger partial charge in [0.1, 0.15) is 5.56 Å². The van der Waals surface area contributed by atoms with E-state index in [2.05, 4.69) is 10.4 Å². The number of ether oxygens (including phenoxy) is 1. The second-order valence-electron chi connectivity index (χ2n) is 5.17. The van der Waals surface area contributed by atoms with Gasteiger partial charge in [-0.05, 0) is 25.5 Å². The summed E-state index contributed by atoms with van der Waals surface area (Å²) in [5.74, 6) is -0.838. The fraction of sp³-hybridized carbons (Fsp3) is 0.353. The van der Waals surface area contributed by atoms with Crippen molar-refractivity contribution in [2.75, 3.05) is 13.2 Å². The van der Waals surface area contributed by atoms with Crippen molar-refractivity contribution in [2.24, 2.45) is 0 Å². The lowest BCUT2D eigenvalue weighted by atomic mass is 10.2. The minimum atomic E-state index is -0.546. The third kappa shape index (κ3) is 4.42. The third-order valence-electron chi connectivity index (χ3n) is 3.42. The minimum Gasteiger partial charge on any atom is -0.452 e. The monoisotopic (exact) mass is 315 g/mol. The van der Waals surface area contributed by atoms with Crippen LogP contribution in [0.25, 0.3) is 5.69 Å². The Morgan fingerprint density at radius 3 is 2.70 bits per heavy atom. The molecule has 1 heterocycles. The van der Waals surface area contributed by atoms with Gasteiger partial charge in [0.05, 0.1) is 17.6 Å². The number of rotatable bonds is 7. The number of nitrogens with one attached hydrogen (secondary N) is 1. The molecule has 2 rings (SSSR count). The van der Waals surface area contributed by atoms with Crippen molar-refractivity contribution in [1.29, 1.82) is 0 Å². The number of nitrogens with zero attached hydrogens (tertiary/aromatic N) is 2. The number of benzene rings is 1. The molecule has 6 heteroatoms. The summed E-state index contributed by atoms with van der Waals surface area (Å²) in [5.41, 5.74) is 1.89. The number of carbonyl (C=O) groups excluding carboxylic acids is 2. The molecule has 2 aromatic rings. The highest BCUT2D eigenvalue weighted by Gasteiger charge is 2.17. The van der Waals surface area contributed by atoms with E-state index in [-0.39, 0.29) is 12.5 Å². The molecule has 0 radical (unpaired) electrons. The van der Waals surface area contributed by atoms with E-state index >= 15 is 0 Å². The largest absolute Gasteiger partial charge is 0.452 e. The summed E-state index contributed by atoms with van der Waals surface area (Å²) >= 11 is 0. The average Bonchev–Trinajstić information content (AvgIpc) is 2.95. The zero-order valence-electron chi connectivity index (χ0n) is 13.4. The van der Waals surface area contributed by atoms with E-state index in [1.54, 1.807) is 11.6 Å². The Hall–Kier alpha value is -2.63. The van der Waals surface area contributed by atoms with Crippen LogP contribution < -0.4 is 5.32 Å². The quantitative estimate of drug-likeness (QED) is 0.628. The molecule has 0 aliphatic rings. The molecule has 0 aliphatic carbocycles. The van der Waals surface area contributed by atoms with E-state index in [0.717, 1.165) is 18.5 Å². The summed E-state index contributed by atoms with van der Waals surface area (Å²) in [7, 11) is 0. The van der Waals surface area contributed by atoms with Crippen LogP contribution in [-0.4, -0.2) is 34.8 Å². The predicted octanol–water partition coefficient (Wildman–Crippen LogP) is 2.25. The van der Waals surface area contributed by atoms with Crippen molar-refractivity contribution in [3.8, 4) is 5.69 Å². The van der Waals surface area contributed by atoms with Crippen LogP contribution in [0.4, 0.5) is 0 Å². The van der Waals surface area contributed by atoms with Crippen molar-refractivity contribution < 1.29 is 14.3 Å². The van der Waals surface area contributed by atoms with Crippen LogP contribution >= 0.6 is 0 Å². The maximum atomic E-state index is 12.1. The van der Waals surface area contributed by atoms with Gasteiger partial charge in [-0.2, -0.15) is 5.10 Å². The normalized spacial score (nSPS) is 10.3. The molecule has 1 N–H and O–H groups in total. The van der Waals surface area contributed by atoms with E-state index in [1.165, 1.54) is 6.20 Å². The van der Waals surface area contributed by atoms with Gasteiger partial charge in [0.15, 0.2) is 6.61 Å². The zero-order valence-corrected chi connectivity index (χ0v) is 13.4. The highest BCUT2D eigenvalue weighted by molar-refractivity contribution is 5.92. The third-order valence-corrected chi connectivity index (χ3v) is 3.42. The number of hydrogen-bond acceptors (Lipinski definition) is 4. The Kier molecular flexibility index (Phi) is 5.91. The van der Waals surface area contributed by atoms with Crippen LogP contribution in [0.5, 0.6) is 0 Å². The number of amides is 1. The summed E-state index contributed by atoms with van der Waals surface area (Å²) < 4.78 is 6.71. The van der Waals surface area contributed by atoms with Crippen molar-refractivity contribution in [3.63, 3.8) is 0 Å². The number of aromatic nitrogens is 2. The van der Waals surface area contributed by atoms with Gasteiger partial charge in [0.2, 0.25) is 0 Å². The van der Waals surface area contributed by atoms with Gasteiger partial charge in [-0.25, -0.2) is 9.48 Å². The molecule has 1 aromatic carbocycles. The number of esters is 1. The zero-order chi connectivity index (χ0) is 16.7. The second-order valence-corrected chi connectivity index (χ2v) is 5.17. The van der Waals surface area contributed by atoms with Crippen LogP contribution in [0.2, 0.25) is 0 Å². The molecule has 0 bridgehead atoms. The van der Waals surface area contributed by atoms with E-state index in [1.807, 2.05) is 37.3 Å². The van der Waals surface area contributed by atoms with Crippen molar-refractivity contribution in [1.82, 2.24) is 15.1 Å². The Labute approximate surface area is 135 Å². The van der Waals surface area contributed by atoms with E-state index in [4.69, 9.17) is 4.74 Å². The molecule has 23 heavy (non-hydrogen) atoms. The molecule has 6 nitrogen and oxygen atoms in total. The Morgan fingerprint density at radius 2 is 2.00 bits per heavy atom. The number of para-hydroxylation sites is 1. The summed E-state index contributed by atoms with van der Waals surface area (Å²) in [6, 6.07) is 9.51. The van der Waals surface area contributed by atoms with Gasteiger partial charge >= 0.3 is 5.97 Å². The van der Waals surface area contributed by atoms with Crippen LogP contribution in [0.15, 0.2) is 36.5 Å². The number of carbonyl (C=O) groups is 2. The molecule has 0 saturated heterocycles. The predicted molar refractivity (Wildman–Crippen MR) is 86.5 cm³/mol. The Morgan fingerprint density at radius 1 is 1.26 bits per heavy atom. The van der Waals surface area contributed by atoms with Crippen LogP contribution in [0.3, 0.4) is 0 Å². The highest BCUT2D eigenvalue weighted by Crippen LogP contribution is 2.14. The summed E-state index contributed by atoms with van der Waals surface area (Å²) in [6.07, 6.45) is 3.36. The molecule has 0 saturated carbocycles. The summed E-state index contributed by atoms with van der Waals surface area (Å²) in [6.45, 7) is 4.15. The number of hydrogen-bond donors (Lipinski definition) is 1. The molecule has 0 unspecified atom stereocenters. The van der Waals surface area contributed by atoms with E-state index in [9.17, 15) is 9.59 Å². The Balaban J connectivity index is 1.96. The molecule has 0 fully saturated rings. The molecule has 0 atom stereocenters. The smallest absolute Gasteiger partial charge is 0.342 e. The SMILES string of the molecule is CCCCNC(=O)COC(=O)c1cnn(-c2ccccc2)c1C. The standard InChI is InChI=1S/C17H21N3O3/c1-3-4-10-18-16(21)12-23-17(22)15-11-19-20(13(15)2)14-8-6-5-7-9-14/h5-9,11H,3-4,10,12H2,1-2H3,(H,18,21).